The van der Waals surface area contributed by atoms with E-state index >= 15 is 0 Å². The molecule has 2 aromatic heterocycles. The van der Waals surface area contributed by atoms with E-state index in [1.165, 1.54) is 10.1 Å². The summed E-state index contributed by atoms with van der Waals surface area (Å²) in [5.74, 6) is 1.31. The first-order chi connectivity index (χ1) is 15.4. The molecule has 3 heterocycles. The molecule has 8 heteroatoms. The summed E-state index contributed by atoms with van der Waals surface area (Å²) >= 11 is 0. The van der Waals surface area contributed by atoms with Crippen molar-refractivity contribution in [3.8, 4) is 0 Å². The average molecular weight is 439 g/mol. The minimum absolute atomic E-state index is 0.356. The summed E-state index contributed by atoms with van der Waals surface area (Å²) in [4.78, 5) is 36.7. The van der Waals surface area contributed by atoms with Crippen molar-refractivity contribution in [2.75, 3.05) is 37.6 Å². The second-order valence-corrected chi connectivity index (χ2v) is 9.15. The zero-order valence-electron chi connectivity index (χ0n) is 19.4. The third-order valence-electron chi connectivity index (χ3n) is 6.35. The Balaban J connectivity index is 1.48. The van der Waals surface area contributed by atoms with E-state index < -0.39 is 5.69 Å². The molecule has 1 saturated heterocycles. The van der Waals surface area contributed by atoms with Crippen LogP contribution in [0.25, 0.3) is 11.2 Å². The molecule has 0 saturated carbocycles. The number of H-pyrrole nitrogens is 1. The van der Waals surface area contributed by atoms with Crippen molar-refractivity contribution in [1.82, 2.24) is 24.0 Å². The van der Waals surface area contributed by atoms with Crippen molar-refractivity contribution in [2.45, 2.75) is 39.7 Å². The van der Waals surface area contributed by atoms with Gasteiger partial charge in [0.2, 0.25) is 5.95 Å². The largest absolute Gasteiger partial charge is 0.340 e. The van der Waals surface area contributed by atoms with Crippen molar-refractivity contribution >= 4 is 17.1 Å². The number of hydrogen-bond donors (Lipinski definition) is 1. The second-order valence-electron chi connectivity index (χ2n) is 9.15. The smallest absolute Gasteiger partial charge is 0.329 e. The van der Waals surface area contributed by atoms with Crippen LogP contribution in [0, 0.1) is 5.92 Å². The summed E-state index contributed by atoms with van der Waals surface area (Å²) in [6.45, 7) is 9.81. The van der Waals surface area contributed by atoms with Crippen LogP contribution in [0.2, 0.25) is 0 Å². The normalized spacial score (nSPS) is 15.2. The molecule has 1 fully saturated rings. The van der Waals surface area contributed by atoms with Crippen LogP contribution in [0.3, 0.4) is 0 Å². The molecule has 0 spiro atoms. The summed E-state index contributed by atoms with van der Waals surface area (Å²) in [5.41, 5.74) is 1.56. The fraction of sp³-hybridized carbons (Fsp3) is 0.542. The predicted molar refractivity (Wildman–Crippen MR) is 128 cm³/mol. The van der Waals surface area contributed by atoms with Crippen LogP contribution in [0.1, 0.15) is 32.3 Å². The van der Waals surface area contributed by atoms with Gasteiger partial charge >= 0.3 is 5.69 Å². The van der Waals surface area contributed by atoms with Crippen LogP contribution in [-0.4, -0.2) is 56.7 Å². The number of nitrogens with one attached hydrogen (secondary N) is 1. The van der Waals surface area contributed by atoms with Crippen LogP contribution in [0.15, 0.2) is 39.9 Å². The fourth-order valence-electron chi connectivity index (χ4n) is 4.39. The Morgan fingerprint density at radius 2 is 1.75 bits per heavy atom. The number of aryl methyl sites for hydroxylation is 3. The van der Waals surface area contributed by atoms with Crippen molar-refractivity contribution in [3.63, 3.8) is 0 Å². The molecule has 0 atom stereocenters. The lowest BCUT2D eigenvalue weighted by atomic mass is 10.1. The molecule has 32 heavy (non-hydrogen) atoms. The van der Waals surface area contributed by atoms with E-state index in [-0.39, 0.29) is 5.56 Å². The topological polar surface area (TPSA) is 79.2 Å². The molecule has 4 rings (SSSR count). The molecular formula is C24H34N6O2. The van der Waals surface area contributed by atoms with Gasteiger partial charge in [-0.3, -0.25) is 19.2 Å². The third kappa shape index (κ3) is 4.80. The van der Waals surface area contributed by atoms with Crippen LogP contribution >= 0.6 is 0 Å². The maximum Gasteiger partial charge on any atom is 0.329 e. The van der Waals surface area contributed by atoms with Gasteiger partial charge in [-0.25, -0.2) is 4.79 Å². The van der Waals surface area contributed by atoms with E-state index in [4.69, 9.17) is 4.98 Å². The highest BCUT2D eigenvalue weighted by molar-refractivity contribution is 5.74. The molecule has 172 valence electrons. The van der Waals surface area contributed by atoms with Gasteiger partial charge in [0.05, 0.1) is 0 Å². The van der Waals surface area contributed by atoms with Crippen LogP contribution < -0.4 is 16.1 Å². The summed E-state index contributed by atoms with van der Waals surface area (Å²) in [6, 6.07) is 10.6. The Bertz CT molecular complexity index is 1150. The molecule has 8 nitrogen and oxygen atoms in total. The number of piperazine rings is 1. The molecule has 1 aliphatic heterocycles. The van der Waals surface area contributed by atoms with Gasteiger partial charge in [0.25, 0.3) is 5.56 Å². The average Bonchev–Trinajstić information content (AvgIpc) is 3.17. The Morgan fingerprint density at radius 1 is 1.03 bits per heavy atom. The molecule has 3 aromatic rings. The Kier molecular flexibility index (Phi) is 6.79. The molecule has 0 radical (unpaired) electrons. The van der Waals surface area contributed by atoms with Crippen LogP contribution in [0.4, 0.5) is 5.95 Å². The van der Waals surface area contributed by atoms with E-state index in [2.05, 4.69) is 59.0 Å². The summed E-state index contributed by atoms with van der Waals surface area (Å²) < 4.78 is 3.45. The molecule has 1 aromatic carbocycles. The van der Waals surface area contributed by atoms with E-state index in [0.29, 0.717) is 23.6 Å². The van der Waals surface area contributed by atoms with Gasteiger partial charge in [-0.1, -0.05) is 44.2 Å². The van der Waals surface area contributed by atoms with Gasteiger partial charge in [-0.15, -0.1) is 0 Å². The minimum Gasteiger partial charge on any atom is -0.340 e. The molecule has 1 aliphatic rings. The third-order valence-corrected chi connectivity index (χ3v) is 6.35. The van der Waals surface area contributed by atoms with Gasteiger partial charge in [-0.2, -0.15) is 4.98 Å². The van der Waals surface area contributed by atoms with E-state index in [1.54, 1.807) is 7.05 Å². The van der Waals surface area contributed by atoms with Crippen molar-refractivity contribution < 1.29 is 0 Å². The van der Waals surface area contributed by atoms with E-state index in [9.17, 15) is 9.59 Å². The second kappa shape index (κ2) is 9.73. The van der Waals surface area contributed by atoms with Crippen LogP contribution in [0.5, 0.6) is 0 Å². The Labute approximate surface area is 188 Å². The van der Waals surface area contributed by atoms with Crippen LogP contribution in [-0.2, 0) is 20.0 Å². The highest BCUT2D eigenvalue weighted by atomic mass is 16.2. The fourth-order valence-corrected chi connectivity index (χ4v) is 4.39. The zero-order valence-corrected chi connectivity index (χ0v) is 19.4. The maximum absolute atomic E-state index is 12.6. The number of fused-ring (bicyclic) bond motifs is 1. The number of rotatable bonds is 8. The van der Waals surface area contributed by atoms with E-state index in [1.807, 2.05) is 4.57 Å². The van der Waals surface area contributed by atoms with Gasteiger partial charge in [0.1, 0.15) is 0 Å². The number of aromatic nitrogens is 4. The molecule has 0 aliphatic carbocycles. The first-order valence-electron chi connectivity index (χ1n) is 11.6. The van der Waals surface area contributed by atoms with Crippen molar-refractivity contribution in [3.05, 3.63) is 56.7 Å². The van der Waals surface area contributed by atoms with Crippen molar-refractivity contribution in [1.29, 1.82) is 0 Å². The highest BCUT2D eigenvalue weighted by Crippen LogP contribution is 2.22. The summed E-state index contributed by atoms with van der Waals surface area (Å²) in [7, 11) is 1.66. The SMILES string of the molecule is CC(C)CCn1c(N2CCN(CCCc3ccccc3)CC2)nc2c1c(=O)[nH]c(=O)n2C. The quantitative estimate of drug-likeness (QED) is 0.583. The zero-order chi connectivity index (χ0) is 22.7. The standard InChI is InChI=1S/C24H34N6O2/c1-18(2)11-13-30-20-21(27(3)24(32)26-22(20)31)25-23(30)29-16-14-28(15-17-29)12-7-10-19-8-5-4-6-9-19/h4-6,8-9,18H,7,10-17H2,1-3H3,(H,26,31,32). The number of aromatic amines is 1. The number of anilines is 1. The first-order valence-corrected chi connectivity index (χ1v) is 11.6. The highest BCUT2D eigenvalue weighted by Gasteiger charge is 2.24. The molecular weight excluding hydrogens is 404 g/mol. The van der Waals surface area contributed by atoms with E-state index in [0.717, 1.165) is 57.9 Å². The van der Waals surface area contributed by atoms with Gasteiger partial charge in [0, 0.05) is 39.8 Å². The summed E-state index contributed by atoms with van der Waals surface area (Å²) in [5, 5.41) is 0. The predicted octanol–water partition coefficient (Wildman–Crippen LogP) is 2.22. The maximum atomic E-state index is 12.6. The lowest BCUT2D eigenvalue weighted by molar-refractivity contribution is 0.253. The Hall–Kier alpha value is -2.87. The molecule has 0 bridgehead atoms. The Morgan fingerprint density at radius 3 is 2.44 bits per heavy atom. The number of benzene rings is 1. The number of hydrogen-bond acceptors (Lipinski definition) is 5. The number of imidazole rings is 1. The van der Waals surface area contributed by atoms with Gasteiger partial charge in [0.15, 0.2) is 11.2 Å². The molecule has 0 amide bonds. The minimum atomic E-state index is -0.425. The monoisotopic (exact) mass is 438 g/mol. The van der Waals surface area contributed by atoms with Gasteiger partial charge < -0.3 is 9.47 Å². The van der Waals surface area contributed by atoms with Crippen molar-refractivity contribution in [2.24, 2.45) is 13.0 Å². The summed E-state index contributed by atoms with van der Waals surface area (Å²) in [6.07, 6.45) is 3.19. The lowest BCUT2D eigenvalue weighted by Gasteiger charge is -2.35. The first kappa shape index (κ1) is 22.3. The lowest BCUT2D eigenvalue weighted by Crippen LogP contribution is -2.47. The molecule has 0 unspecified atom stereocenters. The van der Waals surface area contributed by atoms with Gasteiger partial charge in [-0.05, 0) is 37.3 Å². The molecule has 1 N–H and O–H groups in total. The number of nitrogens with zero attached hydrogens (tertiary/aromatic N) is 5.